The highest BCUT2D eigenvalue weighted by Gasteiger charge is 2.52. The summed E-state index contributed by atoms with van der Waals surface area (Å²) in [7, 11) is 0. The quantitative estimate of drug-likeness (QED) is 0.117. The van der Waals surface area contributed by atoms with Crippen LogP contribution in [-0.4, -0.2) is 20.1 Å². The minimum absolute atomic E-state index is 0.692. The van der Waals surface area contributed by atoms with Crippen molar-refractivity contribution in [3.63, 3.8) is 0 Å². The van der Waals surface area contributed by atoms with Gasteiger partial charge in [0.1, 0.15) is 5.60 Å². The molecule has 0 saturated heterocycles. The Morgan fingerprint density at radius 2 is 0.438 bits per heavy atom. The van der Waals surface area contributed by atoms with Gasteiger partial charge >= 0.3 is 0 Å². The molecule has 0 spiro atoms. The van der Waals surface area contributed by atoms with Gasteiger partial charge in [0.05, 0.1) is 44.5 Å². The number of anilines is 6. The molecule has 3 aliphatic rings. The first kappa shape index (κ1) is 77.8. The predicted octanol–water partition coefficient (Wildman–Crippen LogP) is 30.3. The van der Waals surface area contributed by atoms with Gasteiger partial charge in [-0.3, -0.25) is 0 Å². The molecule has 3 atom stereocenters. The van der Waals surface area contributed by atoms with Crippen LogP contribution < -0.4 is 9.80 Å². The second kappa shape index (κ2) is 32.8. The molecular formula is C122H87N5O. The lowest BCUT2D eigenvalue weighted by atomic mass is 9.66. The Morgan fingerprint density at radius 1 is 0.203 bits per heavy atom. The van der Waals surface area contributed by atoms with Crippen molar-refractivity contribution in [2.45, 2.75) is 30.3 Å². The van der Waals surface area contributed by atoms with E-state index in [4.69, 9.17) is 15.0 Å². The smallest absolute Gasteiger partial charge is 0.143 e. The van der Waals surface area contributed by atoms with E-state index < -0.39 is 16.4 Å². The molecule has 606 valence electrons. The standard InChI is InChI=1S/C75H51N3.C28H19NO.C19H17N/c1-50-38-44-57(45-39-50)78(58-46-40-55(41-47-58)74(53-26-10-4-11-27-53)64-34-18-14-30-60(64)72-70(74)68(51-22-6-2-7-23-51)62-32-16-20-36-66(62)76-72)59-48-42-56(43-49-59)75(54-28-12-5-13-29-54)65-35-19-15-31-61(65)73-71(75)69(52-24-8-3-9-25-52)63-33-17-21-37-67(63)77-73;30-28(20-13-5-2-6-14-20)23-17-9-7-15-21(23)27-26(28)25(19-11-3-1-4-12-19)22-16-8-10-18-24(22)29-27;1-16-12-14-19(15-13-16)20(17-8-4-2-5-9-17)18-10-6-3-7-11-18/h2-49H,1H3;1-18,30H;2-15H,1H3. The zero-order valence-electron chi connectivity index (χ0n) is 70.9. The monoisotopic (exact) mass is 1640 g/mol. The Hall–Kier alpha value is -16.3. The molecule has 3 aliphatic carbocycles. The van der Waals surface area contributed by atoms with E-state index in [0.717, 1.165) is 111 Å². The number of para-hydroxylation sites is 5. The highest BCUT2D eigenvalue weighted by atomic mass is 16.3. The molecule has 3 unspecified atom stereocenters. The van der Waals surface area contributed by atoms with Crippen LogP contribution in [0.1, 0.15) is 72.3 Å². The van der Waals surface area contributed by atoms with Crippen LogP contribution in [0, 0.1) is 13.8 Å². The average molecular weight is 1640 g/mol. The third-order valence-corrected chi connectivity index (χ3v) is 26.1. The molecule has 0 bridgehead atoms. The van der Waals surface area contributed by atoms with Crippen LogP contribution in [-0.2, 0) is 16.4 Å². The Kier molecular flexibility index (Phi) is 19.9. The van der Waals surface area contributed by atoms with Gasteiger partial charge in [0.2, 0.25) is 0 Å². The van der Waals surface area contributed by atoms with E-state index in [1.807, 2.05) is 97.1 Å². The highest BCUT2D eigenvalue weighted by molar-refractivity contribution is 6.07. The Balaban J connectivity index is 0.000000156. The second-order valence-corrected chi connectivity index (χ2v) is 33.3. The zero-order chi connectivity index (χ0) is 85.7. The van der Waals surface area contributed by atoms with Crippen molar-refractivity contribution in [1.82, 2.24) is 15.0 Å². The van der Waals surface area contributed by atoms with Crippen LogP contribution in [0.5, 0.6) is 0 Å². The van der Waals surface area contributed by atoms with E-state index in [9.17, 15) is 5.11 Å². The number of nitrogens with zero attached hydrogens (tertiary/aromatic N) is 5. The zero-order valence-corrected chi connectivity index (χ0v) is 70.9. The largest absolute Gasteiger partial charge is 0.376 e. The molecule has 0 saturated carbocycles. The number of pyridine rings is 3. The maximum atomic E-state index is 12.4. The van der Waals surface area contributed by atoms with Gasteiger partial charge in [-0.25, -0.2) is 15.0 Å². The number of rotatable bonds is 14. The van der Waals surface area contributed by atoms with E-state index >= 15 is 0 Å². The van der Waals surface area contributed by atoms with Gasteiger partial charge in [-0.2, -0.15) is 0 Å². The fraction of sp³-hybridized carbons (Fsp3) is 0.0410. The van der Waals surface area contributed by atoms with Gasteiger partial charge in [-0.15, -0.1) is 0 Å². The van der Waals surface area contributed by atoms with Crippen LogP contribution in [0.25, 0.3) is 99.9 Å². The first-order valence-corrected chi connectivity index (χ1v) is 43.9. The first-order valence-electron chi connectivity index (χ1n) is 43.9. The summed E-state index contributed by atoms with van der Waals surface area (Å²) in [6.45, 7) is 4.26. The number of hydrogen-bond acceptors (Lipinski definition) is 6. The average Bonchev–Trinajstić information content (AvgIpc) is 1.53. The van der Waals surface area contributed by atoms with Crippen LogP contribution >= 0.6 is 0 Å². The molecule has 0 amide bonds. The minimum Gasteiger partial charge on any atom is -0.376 e. The fourth-order valence-electron chi connectivity index (χ4n) is 20.5. The molecule has 128 heavy (non-hydrogen) atoms. The van der Waals surface area contributed by atoms with Crippen molar-refractivity contribution in [3.8, 4) is 67.2 Å². The lowest BCUT2D eigenvalue weighted by Crippen LogP contribution is -2.29. The fourth-order valence-corrected chi connectivity index (χ4v) is 20.5. The van der Waals surface area contributed by atoms with Gasteiger partial charge in [0, 0.05) is 94.8 Å². The third-order valence-electron chi connectivity index (χ3n) is 26.1. The maximum Gasteiger partial charge on any atom is 0.143 e. The van der Waals surface area contributed by atoms with Crippen molar-refractivity contribution >= 4 is 66.8 Å². The molecule has 6 heteroatoms. The van der Waals surface area contributed by atoms with Crippen molar-refractivity contribution < 1.29 is 5.11 Å². The molecule has 0 radical (unpaired) electrons. The van der Waals surface area contributed by atoms with Gasteiger partial charge in [0.15, 0.2) is 0 Å². The number of aliphatic hydroxyl groups is 1. The van der Waals surface area contributed by atoms with Crippen molar-refractivity contribution in [2.75, 3.05) is 9.80 Å². The van der Waals surface area contributed by atoms with Crippen LogP contribution in [0.3, 0.4) is 0 Å². The molecular weight excluding hydrogens is 1550 g/mol. The number of aryl methyl sites for hydroxylation is 2. The van der Waals surface area contributed by atoms with E-state index in [-0.39, 0.29) is 0 Å². The third kappa shape index (κ3) is 13.0. The summed E-state index contributed by atoms with van der Waals surface area (Å²) in [5, 5.41) is 15.8. The Bertz CT molecular complexity index is 7350. The van der Waals surface area contributed by atoms with E-state index in [1.165, 1.54) is 95.0 Å². The summed E-state index contributed by atoms with van der Waals surface area (Å²) in [6.07, 6.45) is 0. The maximum absolute atomic E-state index is 12.4. The molecule has 1 N–H and O–H groups in total. The second-order valence-electron chi connectivity index (χ2n) is 33.3. The van der Waals surface area contributed by atoms with Crippen LogP contribution in [0.2, 0.25) is 0 Å². The summed E-state index contributed by atoms with van der Waals surface area (Å²) < 4.78 is 0. The molecule has 24 rings (SSSR count). The summed E-state index contributed by atoms with van der Waals surface area (Å²) in [6, 6.07) is 173. The minimum atomic E-state index is -1.27. The Labute approximate surface area is 746 Å². The first-order chi connectivity index (χ1) is 63.2. The van der Waals surface area contributed by atoms with Gasteiger partial charge in [-0.05, 0) is 172 Å². The molecule has 3 heterocycles. The van der Waals surface area contributed by atoms with Crippen molar-refractivity contribution in [1.29, 1.82) is 0 Å². The summed E-state index contributed by atoms with van der Waals surface area (Å²) >= 11 is 0. The van der Waals surface area contributed by atoms with E-state index in [2.05, 4.69) is 412 Å². The highest BCUT2D eigenvalue weighted by Crippen LogP contribution is 2.63. The van der Waals surface area contributed by atoms with Crippen LogP contribution in [0.15, 0.2) is 485 Å². The topological polar surface area (TPSA) is 65.4 Å². The molecule has 3 aromatic heterocycles. The summed E-state index contributed by atoms with van der Waals surface area (Å²) in [5.41, 5.74) is 34.8. The number of fused-ring (bicyclic) bond motifs is 12. The predicted molar refractivity (Wildman–Crippen MR) is 529 cm³/mol. The molecule has 21 aromatic rings. The lowest BCUT2D eigenvalue weighted by Gasteiger charge is -2.36. The molecule has 0 fully saturated rings. The Morgan fingerprint density at radius 3 is 0.781 bits per heavy atom. The van der Waals surface area contributed by atoms with E-state index in [0.29, 0.717) is 0 Å². The number of hydrogen-bond donors (Lipinski definition) is 1. The summed E-state index contributed by atoms with van der Waals surface area (Å²) in [4.78, 5) is 20.8. The van der Waals surface area contributed by atoms with Crippen molar-refractivity contribution in [3.05, 3.63) is 558 Å². The van der Waals surface area contributed by atoms with Crippen LogP contribution in [0.4, 0.5) is 34.1 Å². The molecule has 0 aliphatic heterocycles. The van der Waals surface area contributed by atoms with Gasteiger partial charge in [0.25, 0.3) is 0 Å². The van der Waals surface area contributed by atoms with Crippen molar-refractivity contribution in [2.24, 2.45) is 0 Å². The number of aromatic nitrogens is 3. The SMILES string of the molecule is Cc1ccc(N(c2ccc(C3(c4ccccc4)c4ccccc4-c4nc5ccccc5c(-c5ccccc5)c43)cc2)c2ccc(C3(c4ccccc4)c4ccccc4-c4nc5ccccc5c(-c5ccccc5)c43)cc2)cc1.Cc1ccc(N(c2ccccc2)c2ccccc2)cc1.OC1(c2ccccc2)c2ccccc2-c2nc3ccccc3c(-c3ccccc3)c21. The van der Waals surface area contributed by atoms with Gasteiger partial charge in [-0.1, -0.05) is 405 Å². The normalized spacial score (nSPS) is 15.2. The summed E-state index contributed by atoms with van der Waals surface area (Å²) in [5.74, 6) is 0. The number of benzene rings is 18. The lowest BCUT2D eigenvalue weighted by molar-refractivity contribution is 0.131. The molecule has 6 nitrogen and oxygen atoms in total. The van der Waals surface area contributed by atoms with Gasteiger partial charge < -0.3 is 14.9 Å². The van der Waals surface area contributed by atoms with E-state index in [1.54, 1.807) is 0 Å². The molecule has 18 aromatic carbocycles.